The van der Waals surface area contributed by atoms with Crippen molar-refractivity contribution in [2.45, 2.75) is 13.5 Å². The third kappa shape index (κ3) is 2.46. The van der Waals surface area contributed by atoms with Crippen molar-refractivity contribution < 1.29 is 19.7 Å². The summed E-state index contributed by atoms with van der Waals surface area (Å²) in [5, 5.41) is 18.5. The molecular formula is C8H9NO4S. The summed E-state index contributed by atoms with van der Waals surface area (Å²) < 4.78 is 5.58. The molecule has 0 aliphatic rings. The molecular weight excluding hydrogens is 206 g/mol. The number of hydrogen-bond acceptors (Lipinski definition) is 5. The Balaban J connectivity index is 2.69. The Morgan fingerprint density at radius 1 is 1.50 bits per heavy atom. The van der Waals surface area contributed by atoms with Gasteiger partial charge in [0, 0.05) is 19.1 Å². The van der Waals surface area contributed by atoms with Gasteiger partial charge in [0.25, 0.3) is 0 Å². The number of carbonyl (C=O) groups excluding carboxylic acids is 1. The smallest absolute Gasteiger partial charge is 0.332 e. The van der Waals surface area contributed by atoms with Gasteiger partial charge >= 0.3 is 5.97 Å². The normalized spacial score (nSPS) is 9.79. The second-order valence-electron chi connectivity index (χ2n) is 2.60. The molecule has 0 fully saturated rings. The number of carbonyl (C=O) groups is 1. The lowest BCUT2D eigenvalue weighted by Gasteiger charge is -2.05. The van der Waals surface area contributed by atoms with Gasteiger partial charge in [0.2, 0.25) is 0 Å². The Hall–Kier alpha value is -1.56. The molecule has 0 atom stereocenters. The number of ether oxygens (including phenoxy) is 1. The molecule has 1 aromatic rings. The van der Waals surface area contributed by atoms with Crippen molar-refractivity contribution in [1.29, 1.82) is 0 Å². The monoisotopic (exact) mass is 215 g/mol. The van der Waals surface area contributed by atoms with Crippen molar-refractivity contribution in [3.8, 4) is 11.8 Å². The van der Waals surface area contributed by atoms with Crippen LogP contribution in [0, 0.1) is 0 Å². The first-order valence-electron chi connectivity index (χ1n) is 3.79. The first-order valence-corrected chi connectivity index (χ1v) is 4.20. The van der Waals surface area contributed by atoms with Crippen LogP contribution in [0.5, 0.6) is 11.8 Å². The minimum Gasteiger partial charge on any atom is -0.494 e. The van der Waals surface area contributed by atoms with Crippen LogP contribution in [0.4, 0.5) is 0 Å². The second-order valence-corrected chi connectivity index (χ2v) is 3.18. The van der Waals surface area contributed by atoms with Crippen LogP contribution in [0.1, 0.15) is 6.92 Å². The molecule has 0 amide bonds. The first kappa shape index (κ1) is 10.5. The molecule has 76 valence electrons. The van der Waals surface area contributed by atoms with Crippen LogP contribution >= 0.6 is 12.2 Å². The van der Waals surface area contributed by atoms with Gasteiger partial charge in [-0.05, 0) is 12.2 Å². The minimum absolute atomic E-state index is 0.0983. The van der Waals surface area contributed by atoms with E-state index in [1.807, 2.05) is 0 Å². The molecule has 0 aliphatic heterocycles. The molecule has 14 heavy (non-hydrogen) atoms. The van der Waals surface area contributed by atoms with E-state index in [1.54, 1.807) is 0 Å². The molecule has 0 saturated carbocycles. The van der Waals surface area contributed by atoms with Crippen LogP contribution in [0.3, 0.4) is 0 Å². The molecule has 0 radical (unpaired) electrons. The van der Waals surface area contributed by atoms with E-state index in [0.717, 1.165) is 4.57 Å². The zero-order chi connectivity index (χ0) is 10.7. The van der Waals surface area contributed by atoms with Gasteiger partial charge in [0.15, 0.2) is 16.8 Å². The molecule has 0 saturated heterocycles. The van der Waals surface area contributed by atoms with Crippen LogP contribution in [0.25, 0.3) is 0 Å². The summed E-state index contributed by atoms with van der Waals surface area (Å²) in [6.07, 6.45) is 0. The second kappa shape index (κ2) is 4.10. The molecule has 1 heterocycles. The van der Waals surface area contributed by atoms with Gasteiger partial charge in [0.05, 0.1) is 0 Å². The molecule has 0 unspecified atom stereocenters. The number of esters is 1. The molecule has 5 nitrogen and oxygen atoms in total. The fourth-order valence-electron chi connectivity index (χ4n) is 0.930. The molecule has 0 bridgehead atoms. The number of rotatable bonds is 2. The summed E-state index contributed by atoms with van der Waals surface area (Å²) >= 11 is 4.56. The highest BCUT2D eigenvalue weighted by Gasteiger charge is 2.11. The van der Waals surface area contributed by atoms with Crippen molar-refractivity contribution in [2.75, 3.05) is 0 Å². The van der Waals surface area contributed by atoms with Gasteiger partial charge < -0.3 is 14.9 Å². The number of thiocarbonyl (C=S) groups is 1. The zero-order valence-corrected chi connectivity index (χ0v) is 8.24. The zero-order valence-electron chi connectivity index (χ0n) is 7.43. The summed E-state index contributed by atoms with van der Waals surface area (Å²) in [4.78, 5) is 11.1. The Kier molecular flexibility index (Phi) is 3.08. The van der Waals surface area contributed by atoms with Crippen molar-refractivity contribution >= 4 is 23.2 Å². The van der Waals surface area contributed by atoms with Crippen molar-refractivity contribution in [2.24, 2.45) is 0 Å². The highest BCUT2D eigenvalue weighted by molar-refractivity contribution is 7.80. The van der Waals surface area contributed by atoms with E-state index in [4.69, 9.17) is 0 Å². The molecule has 6 heteroatoms. The number of nitrogens with zero attached hydrogens (tertiary/aromatic N) is 1. The first-order chi connectivity index (χ1) is 6.50. The van der Waals surface area contributed by atoms with Crippen molar-refractivity contribution in [1.82, 2.24) is 4.57 Å². The molecule has 2 N–H and O–H groups in total. The van der Waals surface area contributed by atoms with E-state index in [2.05, 4.69) is 17.0 Å². The van der Waals surface area contributed by atoms with Gasteiger partial charge in [-0.25, -0.2) is 4.79 Å². The summed E-state index contributed by atoms with van der Waals surface area (Å²) in [5.74, 6) is -1.05. The molecule has 1 aromatic heterocycles. The Bertz CT molecular complexity index is 352. The van der Waals surface area contributed by atoms with Gasteiger partial charge in [-0.15, -0.1) is 0 Å². The quantitative estimate of drug-likeness (QED) is 0.563. The average Bonchev–Trinajstić information content (AvgIpc) is 2.34. The van der Waals surface area contributed by atoms with Crippen LogP contribution in [-0.2, 0) is 16.1 Å². The third-order valence-electron chi connectivity index (χ3n) is 1.48. The van der Waals surface area contributed by atoms with E-state index < -0.39 is 5.97 Å². The van der Waals surface area contributed by atoms with Gasteiger partial charge in [0.1, 0.15) is 6.54 Å². The predicted molar refractivity (Wildman–Crippen MR) is 52.1 cm³/mol. The maximum Gasteiger partial charge on any atom is 0.332 e. The molecule has 0 spiro atoms. The van der Waals surface area contributed by atoms with Gasteiger partial charge in [-0.1, -0.05) is 0 Å². The lowest BCUT2D eigenvalue weighted by atomic mass is 10.6. The largest absolute Gasteiger partial charge is 0.494 e. The Morgan fingerprint density at radius 2 is 2.00 bits per heavy atom. The van der Waals surface area contributed by atoms with Crippen LogP contribution < -0.4 is 0 Å². The summed E-state index contributed by atoms with van der Waals surface area (Å²) in [5.41, 5.74) is 0. The number of aromatic nitrogens is 1. The van der Waals surface area contributed by atoms with E-state index in [1.165, 1.54) is 19.1 Å². The predicted octanol–water partition coefficient (Wildman–Crippen LogP) is 0.790. The molecule has 0 aromatic carbocycles. The Labute approximate surface area is 85.5 Å². The van der Waals surface area contributed by atoms with Crippen molar-refractivity contribution in [3.05, 3.63) is 12.1 Å². The minimum atomic E-state index is -0.640. The van der Waals surface area contributed by atoms with Gasteiger partial charge in [-0.2, -0.15) is 0 Å². The van der Waals surface area contributed by atoms with Crippen LogP contribution in [0.2, 0.25) is 0 Å². The summed E-state index contributed by atoms with van der Waals surface area (Å²) in [6, 6.07) is 2.54. The number of aromatic hydroxyl groups is 2. The maximum atomic E-state index is 11.1. The fourth-order valence-corrected chi connectivity index (χ4v) is 1.02. The third-order valence-corrected chi connectivity index (χ3v) is 1.56. The lowest BCUT2D eigenvalue weighted by Crippen LogP contribution is -2.14. The maximum absolute atomic E-state index is 11.1. The molecule has 0 aliphatic carbocycles. The summed E-state index contributed by atoms with van der Waals surface area (Å²) in [6.45, 7) is 1.18. The number of hydrogen-bond donors (Lipinski definition) is 2. The van der Waals surface area contributed by atoms with Gasteiger partial charge in [-0.3, -0.25) is 4.57 Å². The topological polar surface area (TPSA) is 71.7 Å². The van der Waals surface area contributed by atoms with Crippen LogP contribution in [0.15, 0.2) is 12.1 Å². The standard InChI is InChI=1S/C8H9NO4S/c1-5(14)13-8(12)4-9-6(10)2-3-7(9)11/h2-3,10-11H,4H2,1H3. The van der Waals surface area contributed by atoms with E-state index in [0.29, 0.717) is 0 Å². The average molecular weight is 215 g/mol. The summed E-state index contributed by atoms with van der Waals surface area (Å²) in [7, 11) is 0. The lowest BCUT2D eigenvalue weighted by molar-refractivity contribution is -0.136. The highest BCUT2D eigenvalue weighted by Crippen LogP contribution is 2.20. The molecule has 1 rings (SSSR count). The fraction of sp³-hybridized carbons (Fsp3) is 0.250. The van der Waals surface area contributed by atoms with Crippen LogP contribution in [-0.4, -0.2) is 25.8 Å². The highest BCUT2D eigenvalue weighted by atomic mass is 32.1. The van der Waals surface area contributed by atoms with Crippen molar-refractivity contribution in [3.63, 3.8) is 0 Å². The Morgan fingerprint density at radius 3 is 2.43 bits per heavy atom. The van der Waals surface area contributed by atoms with E-state index in [9.17, 15) is 15.0 Å². The SMILES string of the molecule is CC(=S)OC(=O)Cn1c(O)ccc1O. The van der Waals surface area contributed by atoms with E-state index in [-0.39, 0.29) is 23.4 Å². The van der Waals surface area contributed by atoms with E-state index >= 15 is 0 Å².